The third kappa shape index (κ3) is 4.28. The van der Waals surface area contributed by atoms with Gasteiger partial charge in [0.2, 0.25) is 10.0 Å². The van der Waals surface area contributed by atoms with Gasteiger partial charge in [0.15, 0.2) is 0 Å². The zero-order valence-corrected chi connectivity index (χ0v) is 14.4. The monoisotopic (exact) mass is 360 g/mol. The second kappa shape index (κ2) is 7.12. The Bertz CT molecular complexity index is 955. The number of benzene rings is 2. The van der Waals surface area contributed by atoms with Crippen LogP contribution >= 0.6 is 0 Å². The maximum absolute atomic E-state index is 13.1. The third-order valence-corrected chi connectivity index (χ3v) is 5.29. The molecule has 0 aliphatic carbocycles. The summed E-state index contributed by atoms with van der Waals surface area (Å²) in [6.45, 7) is 2.32. The number of hydrogen-bond acceptors (Lipinski definition) is 4. The van der Waals surface area contributed by atoms with E-state index in [1.165, 1.54) is 18.5 Å². The second-order valence-corrected chi connectivity index (χ2v) is 7.38. The van der Waals surface area contributed by atoms with Gasteiger partial charge in [-0.15, -0.1) is 0 Å². The van der Waals surface area contributed by atoms with Crippen LogP contribution in [-0.4, -0.2) is 23.2 Å². The summed E-state index contributed by atoms with van der Waals surface area (Å²) in [6.07, 6.45) is 3.10. The molecule has 130 valence electrons. The predicted octanol–water partition coefficient (Wildman–Crippen LogP) is 2.25. The summed E-state index contributed by atoms with van der Waals surface area (Å²) in [5, 5.41) is 4.04. The molecule has 0 amide bonds. The smallest absolute Gasteiger partial charge is 0.241 e. The maximum atomic E-state index is 13.1. The Balaban J connectivity index is 1.66. The zero-order valence-electron chi connectivity index (χ0n) is 13.6. The van der Waals surface area contributed by atoms with Crippen molar-refractivity contribution in [2.24, 2.45) is 0 Å². The fourth-order valence-electron chi connectivity index (χ4n) is 2.43. The summed E-state index contributed by atoms with van der Waals surface area (Å²) in [4.78, 5) is 3.97. The number of nitrogens with one attached hydrogen (secondary N) is 1. The van der Waals surface area contributed by atoms with Crippen LogP contribution in [0.3, 0.4) is 0 Å². The molecule has 2 aromatic carbocycles. The Morgan fingerprint density at radius 2 is 1.84 bits per heavy atom. The number of sulfonamides is 1. The van der Waals surface area contributed by atoms with Crippen molar-refractivity contribution in [1.82, 2.24) is 19.5 Å². The number of hydrogen-bond donors (Lipinski definition) is 1. The van der Waals surface area contributed by atoms with Gasteiger partial charge in [0.25, 0.3) is 0 Å². The van der Waals surface area contributed by atoms with Crippen LogP contribution in [0.15, 0.2) is 60.0 Å². The molecule has 0 radical (unpaired) electrons. The van der Waals surface area contributed by atoms with Crippen molar-refractivity contribution in [3.05, 3.63) is 77.6 Å². The topological polar surface area (TPSA) is 76.9 Å². The number of aryl methyl sites for hydroxylation is 1. The van der Waals surface area contributed by atoms with Crippen LogP contribution in [0.2, 0.25) is 0 Å². The molecule has 0 atom stereocenters. The van der Waals surface area contributed by atoms with Crippen LogP contribution in [0, 0.1) is 12.7 Å². The molecule has 0 saturated heterocycles. The average Bonchev–Trinajstić information content (AvgIpc) is 3.07. The van der Waals surface area contributed by atoms with Gasteiger partial charge < -0.3 is 0 Å². The summed E-state index contributed by atoms with van der Waals surface area (Å²) < 4.78 is 42.1. The Morgan fingerprint density at radius 3 is 2.48 bits per heavy atom. The van der Waals surface area contributed by atoms with Gasteiger partial charge >= 0.3 is 0 Å². The lowest BCUT2D eigenvalue weighted by Crippen LogP contribution is -2.24. The Morgan fingerprint density at radius 1 is 1.12 bits per heavy atom. The average molecular weight is 360 g/mol. The van der Waals surface area contributed by atoms with Gasteiger partial charge in [0.1, 0.15) is 18.5 Å². The van der Waals surface area contributed by atoms with Gasteiger partial charge in [0, 0.05) is 6.54 Å². The fraction of sp³-hybridized carbons (Fsp3) is 0.176. The largest absolute Gasteiger partial charge is 0.249 e. The lowest BCUT2D eigenvalue weighted by molar-refractivity contribution is 0.579. The first-order chi connectivity index (χ1) is 11.9. The number of nitrogens with zero attached hydrogens (tertiary/aromatic N) is 3. The Labute approximate surface area is 145 Å². The minimum absolute atomic E-state index is 0.0803. The normalized spacial score (nSPS) is 11.6. The predicted molar refractivity (Wildman–Crippen MR) is 90.7 cm³/mol. The number of aromatic nitrogens is 3. The summed E-state index contributed by atoms with van der Waals surface area (Å²) in [5.74, 6) is -0.459. The first-order valence-electron chi connectivity index (χ1n) is 7.60. The summed E-state index contributed by atoms with van der Waals surface area (Å²) in [5.41, 5.74) is 2.23. The second-order valence-electron chi connectivity index (χ2n) is 5.64. The molecule has 0 saturated carbocycles. The van der Waals surface area contributed by atoms with Gasteiger partial charge in [-0.3, -0.25) is 0 Å². The Hall–Kier alpha value is -2.58. The van der Waals surface area contributed by atoms with E-state index in [0.29, 0.717) is 12.1 Å². The lowest BCUT2D eigenvalue weighted by atomic mass is 10.1. The van der Waals surface area contributed by atoms with Crippen molar-refractivity contribution < 1.29 is 12.8 Å². The van der Waals surface area contributed by atoms with Crippen LogP contribution in [0.1, 0.15) is 16.7 Å². The van der Waals surface area contributed by atoms with Gasteiger partial charge in [-0.05, 0) is 41.8 Å². The van der Waals surface area contributed by atoms with Crippen molar-refractivity contribution in [1.29, 1.82) is 0 Å². The molecule has 0 bridgehead atoms. The highest BCUT2D eigenvalue weighted by Gasteiger charge is 2.16. The summed E-state index contributed by atoms with van der Waals surface area (Å²) >= 11 is 0. The van der Waals surface area contributed by atoms with E-state index in [1.54, 1.807) is 17.9 Å². The fourth-order valence-corrected chi connectivity index (χ4v) is 3.68. The molecule has 0 aliphatic heterocycles. The van der Waals surface area contributed by atoms with Crippen LogP contribution < -0.4 is 4.72 Å². The standard InChI is InChI=1S/C17H17FN4O2S/c1-13-8-16(18)6-7-17(13)25(23,24)21-9-14-2-4-15(5-3-14)10-22-12-19-11-20-22/h2-8,11-12,21H,9-10H2,1H3. The van der Waals surface area contributed by atoms with Crippen molar-refractivity contribution in [3.8, 4) is 0 Å². The van der Waals surface area contributed by atoms with Crippen molar-refractivity contribution in [3.63, 3.8) is 0 Å². The quantitative estimate of drug-likeness (QED) is 0.731. The lowest BCUT2D eigenvalue weighted by Gasteiger charge is -2.10. The molecule has 6 nitrogen and oxygen atoms in total. The molecule has 0 aliphatic rings. The van der Waals surface area contributed by atoms with E-state index in [0.717, 1.165) is 17.2 Å². The van der Waals surface area contributed by atoms with E-state index in [4.69, 9.17) is 0 Å². The van der Waals surface area contributed by atoms with Crippen LogP contribution in [0.4, 0.5) is 4.39 Å². The minimum atomic E-state index is -3.70. The molecule has 25 heavy (non-hydrogen) atoms. The van der Waals surface area contributed by atoms with Gasteiger partial charge in [-0.25, -0.2) is 27.2 Å². The highest BCUT2D eigenvalue weighted by Crippen LogP contribution is 2.16. The molecule has 1 heterocycles. The van der Waals surface area contributed by atoms with Crippen LogP contribution in [0.25, 0.3) is 0 Å². The van der Waals surface area contributed by atoms with Crippen molar-refractivity contribution >= 4 is 10.0 Å². The SMILES string of the molecule is Cc1cc(F)ccc1S(=O)(=O)NCc1ccc(Cn2cncn2)cc1. The molecule has 0 fully saturated rings. The van der Waals surface area contributed by atoms with E-state index in [2.05, 4.69) is 14.8 Å². The van der Waals surface area contributed by atoms with Gasteiger partial charge in [0.05, 0.1) is 11.4 Å². The van der Waals surface area contributed by atoms with Crippen molar-refractivity contribution in [2.75, 3.05) is 0 Å². The van der Waals surface area contributed by atoms with Crippen molar-refractivity contribution in [2.45, 2.75) is 24.9 Å². The van der Waals surface area contributed by atoms with E-state index in [9.17, 15) is 12.8 Å². The van der Waals surface area contributed by atoms with E-state index >= 15 is 0 Å². The summed E-state index contributed by atoms with van der Waals surface area (Å²) in [7, 11) is -3.70. The molecular weight excluding hydrogens is 343 g/mol. The molecular formula is C17H17FN4O2S. The zero-order chi connectivity index (χ0) is 17.9. The summed E-state index contributed by atoms with van der Waals surface area (Å²) in [6, 6.07) is 11.1. The van der Waals surface area contributed by atoms with Crippen LogP contribution in [0.5, 0.6) is 0 Å². The number of halogens is 1. The molecule has 1 aromatic heterocycles. The molecule has 8 heteroatoms. The minimum Gasteiger partial charge on any atom is -0.249 e. The maximum Gasteiger partial charge on any atom is 0.241 e. The van der Waals surface area contributed by atoms with E-state index in [1.807, 2.05) is 24.3 Å². The van der Waals surface area contributed by atoms with E-state index < -0.39 is 15.8 Å². The molecule has 0 spiro atoms. The third-order valence-electron chi connectivity index (χ3n) is 3.73. The highest BCUT2D eigenvalue weighted by molar-refractivity contribution is 7.89. The molecule has 3 aromatic rings. The van der Waals surface area contributed by atoms with E-state index in [-0.39, 0.29) is 11.4 Å². The number of rotatable bonds is 6. The molecule has 1 N–H and O–H groups in total. The van der Waals surface area contributed by atoms with Gasteiger partial charge in [-0.2, -0.15) is 5.10 Å². The first-order valence-corrected chi connectivity index (χ1v) is 9.08. The van der Waals surface area contributed by atoms with Crippen LogP contribution in [-0.2, 0) is 23.1 Å². The molecule has 0 unspecified atom stereocenters. The molecule has 3 rings (SSSR count). The van der Waals surface area contributed by atoms with Gasteiger partial charge in [-0.1, -0.05) is 24.3 Å². The Kier molecular flexibility index (Phi) is 4.91. The first kappa shape index (κ1) is 17.2. The highest BCUT2D eigenvalue weighted by atomic mass is 32.2.